The lowest BCUT2D eigenvalue weighted by Crippen LogP contribution is -2.24. The zero-order valence-electron chi connectivity index (χ0n) is 13.8. The highest BCUT2D eigenvalue weighted by Gasteiger charge is 2.24. The molecule has 0 aliphatic carbocycles. The van der Waals surface area contributed by atoms with Gasteiger partial charge in [-0.15, -0.1) is 0 Å². The molecule has 0 saturated heterocycles. The third-order valence-corrected chi connectivity index (χ3v) is 3.43. The van der Waals surface area contributed by atoms with Crippen LogP contribution < -0.4 is 19.9 Å². The van der Waals surface area contributed by atoms with E-state index in [0.29, 0.717) is 17.4 Å². The van der Waals surface area contributed by atoms with E-state index in [0.717, 1.165) is 0 Å². The van der Waals surface area contributed by atoms with Crippen LogP contribution in [0.1, 0.15) is 21.6 Å². The summed E-state index contributed by atoms with van der Waals surface area (Å²) in [4.78, 5) is 33.5. The molecular weight excluding hydrogens is 298 g/mol. The van der Waals surface area contributed by atoms with Gasteiger partial charge < -0.3 is 14.4 Å². The summed E-state index contributed by atoms with van der Waals surface area (Å²) in [5.74, 6) is 0.605. The molecule has 0 aliphatic heterocycles. The predicted molar refractivity (Wildman–Crippen MR) is 86.9 cm³/mol. The molecule has 0 fully saturated rings. The number of aromatic nitrogens is 2. The maximum absolute atomic E-state index is 13.0. The van der Waals surface area contributed by atoms with E-state index < -0.39 is 5.78 Å². The van der Waals surface area contributed by atoms with E-state index in [-0.39, 0.29) is 22.4 Å². The lowest BCUT2D eigenvalue weighted by Gasteiger charge is -2.15. The van der Waals surface area contributed by atoms with Crippen LogP contribution in [0.2, 0.25) is 0 Å². The monoisotopic (exact) mass is 317 g/mol. The van der Waals surface area contributed by atoms with Crippen LogP contribution >= 0.6 is 0 Å². The Balaban J connectivity index is 2.69. The summed E-state index contributed by atoms with van der Waals surface area (Å²) in [7, 11) is 6.39. The molecule has 7 heteroatoms. The van der Waals surface area contributed by atoms with Crippen LogP contribution in [0.3, 0.4) is 0 Å². The zero-order valence-corrected chi connectivity index (χ0v) is 13.8. The second kappa shape index (κ2) is 6.51. The second-order valence-corrected chi connectivity index (χ2v) is 5.12. The number of carbonyl (C=O) groups is 1. The average molecular weight is 317 g/mol. The van der Waals surface area contributed by atoms with E-state index in [9.17, 15) is 9.59 Å². The molecule has 0 amide bonds. The molecule has 1 aromatic heterocycles. The fraction of sp³-hybridized carbons (Fsp3) is 0.312. The fourth-order valence-electron chi connectivity index (χ4n) is 2.15. The first-order valence-corrected chi connectivity index (χ1v) is 6.94. The summed E-state index contributed by atoms with van der Waals surface area (Å²) >= 11 is 0. The third kappa shape index (κ3) is 3.03. The van der Waals surface area contributed by atoms with Gasteiger partial charge in [0.25, 0.3) is 5.56 Å². The number of anilines is 1. The van der Waals surface area contributed by atoms with Crippen molar-refractivity contribution in [2.45, 2.75) is 6.92 Å². The molecule has 2 rings (SSSR count). The Morgan fingerprint density at radius 1 is 1.17 bits per heavy atom. The summed E-state index contributed by atoms with van der Waals surface area (Å²) < 4.78 is 10.5. The molecule has 0 spiro atoms. The van der Waals surface area contributed by atoms with Crippen molar-refractivity contribution in [2.24, 2.45) is 0 Å². The molecule has 0 saturated carbocycles. The van der Waals surface area contributed by atoms with E-state index in [4.69, 9.17) is 9.47 Å². The topological polar surface area (TPSA) is 84.5 Å². The van der Waals surface area contributed by atoms with Crippen LogP contribution in [0.5, 0.6) is 11.5 Å². The Labute approximate surface area is 133 Å². The molecule has 0 atom stereocenters. The number of nitrogens with zero attached hydrogens (tertiary/aromatic N) is 2. The summed E-state index contributed by atoms with van der Waals surface area (Å²) in [6.45, 7) is 1.56. The fourth-order valence-corrected chi connectivity index (χ4v) is 2.15. The quantitative estimate of drug-likeness (QED) is 0.839. The molecule has 23 heavy (non-hydrogen) atoms. The first-order valence-electron chi connectivity index (χ1n) is 6.94. The number of aromatic amines is 1. The first-order chi connectivity index (χ1) is 10.9. The number of rotatable bonds is 5. The van der Waals surface area contributed by atoms with Gasteiger partial charge >= 0.3 is 0 Å². The lowest BCUT2D eigenvalue weighted by molar-refractivity contribution is 0.102. The Kier molecular flexibility index (Phi) is 4.68. The second-order valence-electron chi connectivity index (χ2n) is 5.12. The number of benzene rings is 1. The Morgan fingerprint density at radius 3 is 2.22 bits per heavy atom. The minimum atomic E-state index is -0.425. The first kappa shape index (κ1) is 16.5. The number of carbonyl (C=O) groups excluding carboxylic acids is 1. The van der Waals surface area contributed by atoms with Gasteiger partial charge in [0, 0.05) is 19.7 Å². The number of hydrogen-bond acceptors (Lipinski definition) is 6. The Bertz CT molecular complexity index is 774. The van der Waals surface area contributed by atoms with Crippen LogP contribution in [0.4, 0.5) is 5.95 Å². The van der Waals surface area contributed by atoms with Crippen LogP contribution in [0.15, 0.2) is 23.0 Å². The van der Waals surface area contributed by atoms with E-state index in [1.807, 2.05) is 0 Å². The van der Waals surface area contributed by atoms with Gasteiger partial charge in [-0.2, -0.15) is 0 Å². The molecule has 122 valence electrons. The smallest absolute Gasteiger partial charge is 0.255 e. The number of hydrogen-bond donors (Lipinski definition) is 1. The molecule has 0 bridgehead atoms. The van der Waals surface area contributed by atoms with Gasteiger partial charge in [0.1, 0.15) is 22.8 Å². The van der Waals surface area contributed by atoms with Crippen molar-refractivity contribution in [3.63, 3.8) is 0 Å². The highest BCUT2D eigenvalue weighted by molar-refractivity contribution is 6.12. The van der Waals surface area contributed by atoms with Crippen LogP contribution in [-0.4, -0.2) is 44.1 Å². The molecule has 1 N–H and O–H groups in total. The molecule has 0 unspecified atom stereocenters. The van der Waals surface area contributed by atoms with Crippen LogP contribution in [0.25, 0.3) is 0 Å². The molecule has 7 nitrogen and oxygen atoms in total. The zero-order chi connectivity index (χ0) is 17.1. The molecule has 0 aliphatic rings. The maximum Gasteiger partial charge on any atom is 0.255 e. The maximum atomic E-state index is 13.0. The van der Waals surface area contributed by atoms with Crippen molar-refractivity contribution in [1.29, 1.82) is 0 Å². The minimum Gasteiger partial charge on any atom is -0.496 e. The molecule has 1 heterocycles. The van der Waals surface area contributed by atoms with Gasteiger partial charge in [0.15, 0.2) is 0 Å². The number of H-pyrrole nitrogens is 1. The summed E-state index contributed by atoms with van der Waals surface area (Å²) in [5.41, 5.74) is 0.193. The molecule has 2 aromatic rings. The van der Waals surface area contributed by atoms with Gasteiger partial charge in [-0.05, 0) is 19.1 Å². The highest BCUT2D eigenvalue weighted by atomic mass is 16.5. The third-order valence-electron chi connectivity index (χ3n) is 3.43. The summed E-state index contributed by atoms with van der Waals surface area (Å²) in [6, 6.07) is 5.04. The Morgan fingerprint density at radius 2 is 1.74 bits per heavy atom. The van der Waals surface area contributed by atoms with E-state index in [1.54, 1.807) is 44.1 Å². The number of ether oxygens (including phenoxy) is 2. The lowest BCUT2D eigenvalue weighted by atomic mass is 10.0. The van der Waals surface area contributed by atoms with Crippen molar-refractivity contribution in [3.8, 4) is 11.5 Å². The molecular formula is C16H19N3O4. The van der Waals surface area contributed by atoms with E-state index in [1.165, 1.54) is 14.2 Å². The summed E-state index contributed by atoms with van der Waals surface area (Å²) in [6.07, 6.45) is 0. The van der Waals surface area contributed by atoms with Crippen molar-refractivity contribution in [1.82, 2.24) is 9.97 Å². The van der Waals surface area contributed by atoms with Crippen molar-refractivity contribution >= 4 is 11.7 Å². The van der Waals surface area contributed by atoms with Gasteiger partial charge in [0.2, 0.25) is 11.7 Å². The number of ketones is 1. The van der Waals surface area contributed by atoms with Crippen LogP contribution in [-0.2, 0) is 0 Å². The van der Waals surface area contributed by atoms with Gasteiger partial charge in [-0.1, -0.05) is 6.07 Å². The highest BCUT2D eigenvalue weighted by Crippen LogP contribution is 2.30. The molecule has 0 radical (unpaired) electrons. The Hall–Kier alpha value is -2.83. The van der Waals surface area contributed by atoms with E-state index in [2.05, 4.69) is 9.97 Å². The minimum absolute atomic E-state index is 0.0697. The van der Waals surface area contributed by atoms with Gasteiger partial charge in [-0.3, -0.25) is 14.6 Å². The van der Waals surface area contributed by atoms with Gasteiger partial charge in [-0.25, -0.2) is 4.98 Å². The van der Waals surface area contributed by atoms with Crippen molar-refractivity contribution in [2.75, 3.05) is 33.2 Å². The SMILES string of the molecule is COc1cccc(OC)c1C(=O)c1nc(N(C)C)[nH]c(=O)c1C. The predicted octanol–water partition coefficient (Wildman–Crippen LogP) is 1.39. The number of methoxy groups -OCH3 is 2. The standard InChI is InChI=1S/C16H19N3O4/c1-9-13(17-16(19(2)3)18-15(9)21)14(20)12-10(22-4)7-6-8-11(12)23-5/h6-8H,1-5H3,(H,17,18,21). The van der Waals surface area contributed by atoms with Gasteiger partial charge in [0.05, 0.1) is 14.2 Å². The summed E-state index contributed by atoms with van der Waals surface area (Å²) in [5, 5.41) is 0. The number of nitrogens with one attached hydrogen (secondary N) is 1. The average Bonchev–Trinajstić information content (AvgIpc) is 2.55. The molecule has 1 aromatic carbocycles. The van der Waals surface area contributed by atoms with Crippen molar-refractivity contribution < 1.29 is 14.3 Å². The van der Waals surface area contributed by atoms with Crippen LogP contribution in [0, 0.1) is 6.92 Å². The normalized spacial score (nSPS) is 10.3. The van der Waals surface area contributed by atoms with E-state index >= 15 is 0 Å². The largest absolute Gasteiger partial charge is 0.496 e. The van der Waals surface area contributed by atoms with Crippen molar-refractivity contribution in [3.05, 3.63) is 45.4 Å².